The van der Waals surface area contributed by atoms with E-state index in [0.717, 1.165) is 6.08 Å². The summed E-state index contributed by atoms with van der Waals surface area (Å²) in [6, 6.07) is 5.79. The molecule has 2 aromatic rings. The quantitative estimate of drug-likeness (QED) is 0.371. The Labute approximate surface area is 201 Å². The van der Waals surface area contributed by atoms with E-state index < -0.39 is 58.4 Å². The second-order valence-corrected chi connectivity index (χ2v) is 8.44. The summed E-state index contributed by atoms with van der Waals surface area (Å²) in [5, 5.41) is 14.4. The van der Waals surface area contributed by atoms with Crippen LogP contribution >= 0.6 is 0 Å². The van der Waals surface area contributed by atoms with Crippen LogP contribution in [-0.4, -0.2) is 28.6 Å². The summed E-state index contributed by atoms with van der Waals surface area (Å²) < 4.78 is 92.1. The van der Waals surface area contributed by atoms with E-state index in [1.165, 1.54) is 30.3 Å². The van der Waals surface area contributed by atoms with E-state index >= 15 is 0 Å². The van der Waals surface area contributed by atoms with E-state index in [-0.39, 0.29) is 31.7 Å². The van der Waals surface area contributed by atoms with E-state index in [1.54, 1.807) is 0 Å². The Morgan fingerprint density at radius 1 is 0.917 bits per heavy atom. The standard InChI is InChI=1S/C24H21F7N2O3/c25-17-4-1-14(2-5-17)3-6-20(35)33-22(9-7-19(34)8-10-22)21(36)32-18-12-15(23(26,27)28)11-16(13-18)24(29,30)31/h1-6,11-13,19,34H,7-10H2,(H,32,36)(H,33,35)/b6-3+. The second kappa shape index (κ2) is 10.3. The van der Waals surface area contributed by atoms with Crippen molar-refractivity contribution in [3.63, 3.8) is 0 Å². The van der Waals surface area contributed by atoms with E-state index in [4.69, 9.17) is 0 Å². The van der Waals surface area contributed by atoms with Crippen LogP contribution in [0.15, 0.2) is 48.5 Å². The molecule has 1 fully saturated rings. The maximum absolute atomic E-state index is 13.2. The first-order valence-electron chi connectivity index (χ1n) is 10.7. The van der Waals surface area contributed by atoms with Crippen molar-refractivity contribution >= 4 is 23.6 Å². The molecule has 3 N–H and O–H groups in total. The molecule has 3 rings (SSSR count). The lowest BCUT2D eigenvalue weighted by Crippen LogP contribution is -2.58. The van der Waals surface area contributed by atoms with Gasteiger partial charge in [0.25, 0.3) is 0 Å². The van der Waals surface area contributed by atoms with E-state index in [1.807, 2.05) is 0 Å². The second-order valence-electron chi connectivity index (χ2n) is 8.44. The monoisotopic (exact) mass is 518 g/mol. The zero-order valence-electron chi connectivity index (χ0n) is 18.5. The van der Waals surface area contributed by atoms with Crippen molar-refractivity contribution in [1.82, 2.24) is 5.32 Å². The minimum atomic E-state index is -5.10. The van der Waals surface area contributed by atoms with Crippen LogP contribution < -0.4 is 10.6 Å². The fourth-order valence-corrected chi connectivity index (χ4v) is 3.81. The minimum Gasteiger partial charge on any atom is -0.393 e. The van der Waals surface area contributed by atoms with Gasteiger partial charge in [0.1, 0.15) is 11.4 Å². The van der Waals surface area contributed by atoms with Crippen LogP contribution in [0.1, 0.15) is 42.4 Å². The van der Waals surface area contributed by atoms with Crippen LogP contribution in [0, 0.1) is 5.82 Å². The average Bonchev–Trinajstić information content (AvgIpc) is 2.79. The molecule has 5 nitrogen and oxygen atoms in total. The molecule has 1 aliphatic carbocycles. The molecule has 0 atom stereocenters. The molecule has 0 radical (unpaired) electrons. The predicted octanol–water partition coefficient (Wildman–Crippen LogP) is 5.31. The van der Waals surface area contributed by atoms with Crippen LogP contribution in [-0.2, 0) is 21.9 Å². The highest BCUT2D eigenvalue weighted by atomic mass is 19.4. The molecule has 12 heteroatoms. The Morgan fingerprint density at radius 3 is 1.94 bits per heavy atom. The first-order chi connectivity index (χ1) is 16.7. The summed E-state index contributed by atoms with van der Waals surface area (Å²) in [6.45, 7) is 0. The summed E-state index contributed by atoms with van der Waals surface area (Å²) in [6.07, 6.45) is -8.71. The number of hydrogen-bond donors (Lipinski definition) is 3. The van der Waals surface area contributed by atoms with Gasteiger partial charge in [0.2, 0.25) is 11.8 Å². The van der Waals surface area contributed by atoms with Gasteiger partial charge in [-0.15, -0.1) is 0 Å². The van der Waals surface area contributed by atoms with Crippen molar-refractivity contribution in [1.29, 1.82) is 0 Å². The first kappa shape index (κ1) is 27.2. The number of rotatable bonds is 5. The lowest BCUT2D eigenvalue weighted by molar-refractivity contribution is -0.143. The highest BCUT2D eigenvalue weighted by molar-refractivity contribution is 6.03. The van der Waals surface area contributed by atoms with Crippen molar-refractivity contribution < 1.29 is 45.4 Å². The number of carbonyl (C=O) groups excluding carboxylic acids is 2. The first-order valence-corrected chi connectivity index (χ1v) is 10.7. The molecule has 36 heavy (non-hydrogen) atoms. The molecule has 0 aliphatic heterocycles. The van der Waals surface area contributed by atoms with Crippen molar-refractivity contribution in [2.24, 2.45) is 0 Å². The van der Waals surface area contributed by atoms with Crippen LogP contribution in [0.2, 0.25) is 0 Å². The number of halogens is 7. The molecule has 0 saturated heterocycles. The molecule has 0 heterocycles. The number of nitrogens with one attached hydrogen (secondary N) is 2. The third kappa shape index (κ3) is 6.84. The Bertz CT molecular complexity index is 1100. The molecular formula is C24H21F7N2O3. The van der Waals surface area contributed by atoms with E-state index in [2.05, 4.69) is 10.6 Å². The third-order valence-electron chi connectivity index (χ3n) is 5.75. The normalized spacial score (nSPS) is 20.8. The van der Waals surface area contributed by atoms with E-state index in [9.17, 15) is 45.4 Å². The molecule has 2 aromatic carbocycles. The van der Waals surface area contributed by atoms with Gasteiger partial charge in [0.05, 0.1) is 17.2 Å². The lowest BCUT2D eigenvalue weighted by atomic mass is 9.79. The van der Waals surface area contributed by atoms with Crippen molar-refractivity contribution in [3.8, 4) is 0 Å². The highest BCUT2D eigenvalue weighted by Crippen LogP contribution is 2.38. The zero-order chi connectivity index (χ0) is 26.7. The maximum Gasteiger partial charge on any atom is 0.416 e. The number of carbonyl (C=O) groups is 2. The minimum absolute atomic E-state index is 0.0613. The van der Waals surface area contributed by atoms with Gasteiger partial charge in [-0.3, -0.25) is 9.59 Å². The largest absolute Gasteiger partial charge is 0.416 e. The Kier molecular flexibility index (Phi) is 7.77. The maximum atomic E-state index is 13.2. The molecule has 1 aliphatic rings. The molecule has 0 spiro atoms. The summed E-state index contributed by atoms with van der Waals surface area (Å²) in [7, 11) is 0. The smallest absolute Gasteiger partial charge is 0.393 e. The van der Waals surface area contributed by atoms with Gasteiger partial charge in [0.15, 0.2) is 0 Å². The summed E-state index contributed by atoms with van der Waals surface area (Å²) in [4.78, 5) is 25.7. The van der Waals surface area contributed by atoms with Gasteiger partial charge in [0, 0.05) is 11.8 Å². The average molecular weight is 518 g/mol. The SMILES string of the molecule is O=C(/C=C/c1ccc(F)cc1)NC1(C(=O)Nc2cc(C(F)(F)F)cc(C(F)(F)F)c2)CCC(O)CC1. The molecule has 1 saturated carbocycles. The fraction of sp³-hybridized carbons (Fsp3) is 0.333. The molecule has 2 amide bonds. The third-order valence-corrected chi connectivity index (χ3v) is 5.75. The van der Waals surface area contributed by atoms with Crippen molar-refractivity contribution in [3.05, 3.63) is 71.0 Å². The topological polar surface area (TPSA) is 78.4 Å². The lowest BCUT2D eigenvalue weighted by Gasteiger charge is -2.38. The molecule has 0 aromatic heterocycles. The van der Waals surface area contributed by atoms with Gasteiger partial charge in [-0.1, -0.05) is 12.1 Å². The number of benzene rings is 2. The Morgan fingerprint density at radius 2 is 1.44 bits per heavy atom. The zero-order valence-corrected chi connectivity index (χ0v) is 18.5. The Hall–Kier alpha value is -3.41. The van der Waals surface area contributed by atoms with Gasteiger partial charge in [-0.2, -0.15) is 26.3 Å². The number of amides is 2. The molecule has 194 valence electrons. The number of aliphatic hydroxyl groups excluding tert-OH is 1. The summed E-state index contributed by atoms with van der Waals surface area (Å²) in [5.41, 5.74) is -5.19. The molecule has 0 bridgehead atoms. The van der Waals surface area contributed by atoms with Crippen LogP contribution in [0.5, 0.6) is 0 Å². The summed E-state index contributed by atoms with van der Waals surface area (Å²) >= 11 is 0. The predicted molar refractivity (Wildman–Crippen MR) is 116 cm³/mol. The molecular weight excluding hydrogens is 497 g/mol. The van der Waals surface area contributed by atoms with Crippen molar-refractivity contribution in [2.45, 2.75) is 49.7 Å². The van der Waals surface area contributed by atoms with Gasteiger partial charge >= 0.3 is 12.4 Å². The fourth-order valence-electron chi connectivity index (χ4n) is 3.81. The van der Waals surface area contributed by atoms with Crippen LogP contribution in [0.4, 0.5) is 36.4 Å². The summed E-state index contributed by atoms with van der Waals surface area (Å²) in [5.74, 6) is -2.28. The molecule has 0 unspecified atom stereocenters. The van der Waals surface area contributed by atoms with Gasteiger partial charge in [-0.25, -0.2) is 4.39 Å². The number of alkyl halides is 6. The van der Waals surface area contributed by atoms with Crippen molar-refractivity contribution in [2.75, 3.05) is 5.32 Å². The number of hydrogen-bond acceptors (Lipinski definition) is 3. The van der Waals surface area contributed by atoms with E-state index in [0.29, 0.717) is 17.7 Å². The number of aliphatic hydroxyl groups is 1. The number of anilines is 1. The van der Waals surface area contributed by atoms with Gasteiger partial charge in [-0.05, 0) is 67.7 Å². The highest BCUT2D eigenvalue weighted by Gasteiger charge is 2.43. The van der Waals surface area contributed by atoms with Gasteiger partial charge < -0.3 is 15.7 Å². The Balaban J connectivity index is 1.87. The van der Waals surface area contributed by atoms with Crippen LogP contribution in [0.3, 0.4) is 0 Å². The van der Waals surface area contributed by atoms with Crippen LogP contribution in [0.25, 0.3) is 6.08 Å².